The fourth-order valence-corrected chi connectivity index (χ4v) is 5.14. The quantitative estimate of drug-likeness (QED) is 0.113. The molecule has 0 aromatic rings. The summed E-state index contributed by atoms with van der Waals surface area (Å²) in [5, 5.41) is 153. The third kappa shape index (κ3) is 8.45. The van der Waals surface area contributed by atoms with Crippen LogP contribution in [-0.4, -0.2) is 231 Å². The molecule has 0 aromatic carbocycles. The first kappa shape index (κ1) is 39.6. The highest BCUT2D eigenvalue weighted by atomic mass is 16.7. The lowest BCUT2D eigenvalue weighted by atomic mass is 9.97. The third-order valence-electron chi connectivity index (χ3n) is 7.96. The lowest BCUT2D eigenvalue weighted by molar-refractivity contribution is -0.355. The zero-order valence-electron chi connectivity index (χ0n) is 24.0. The van der Waals surface area contributed by atoms with Gasteiger partial charge in [-0.15, -0.1) is 0 Å². The van der Waals surface area contributed by atoms with Crippen molar-refractivity contribution in [2.24, 2.45) is 0 Å². The van der Waals surface area contributed by atoms with Crippen LogP contribution < -0.4 is 0 Å². The summed E-state index contributed by atoms with van der Waals surface area (Å²) in [6, 6.07) is 0. The monoisotopic (exact) mass is 684 g/mol. The largest absolute Gasteiger partial charge is 0.394 e. The molecule has 0 aliphatic carbocycles. The van der Waals surface area contributed by atoms with Gasteiger partial charge in [-0.1, -0.05) is 0 Å². The minimum Gasteiger partial charge on any atom is -0.394 e. The highest BCUT2D eigenvalue weighted by Crippen LogP contribution is 2.30. The summed E-state index contributed by atoms with van der Waals surface area (Å²) in [5.41, 5.74) is 0. The maximum absolute atomic E-state index is 9.94. The highest BCUT2D eigenvalue weighted by Gasteiger charge is 2.51. The Morgan fingerprint density at radius 2 is 0.630 bits per heavy atom. The molecule has 0 amide bonds. The molecule has 1 unspecified atom stereocenters. The van der Waals surface area contributed by atoms with E-state index in [1.807, 2.05) is 0 Å². The number of hydrogen-bond donors (Lipinski definition) is 16. The summed E-state index contributed by atoms with van der Waals surface area (Å²) in [6.45, 7) is -2.69. The predicted molar refractivity (Wildman–Crippen MR) is 137 cm³/mol. The maximum atomic E-state index is 9.94. The zero-order chi connectivity index (χ0) is 34.6. The van der Waals surface area contributed by atoms with E-state index in [0.717, 1.165) is 0 Å². The maximum Gasteiger partial charge on any atom is 0.187 e. The number of hydrogen-bond acceptors (Lipinski definition) is 22. The molecule has 0 bridgehead atoms. The van der Waals surface area contributed by atoms with E-state index in [2.05, 4.69) is 0 Å². The van der Waals surface area contributed by atoms with Crippen LogP contribution in [0.25, 0.3) is 0 Å². The Labute approximate surface area is 260 Å². The van der Waals surface area contributed by atoms with Crippen LogP contribution in [0.1, 0.15) is 0 Å². The molecule has 0 spiro atoms. The van der Waals surface area contributed by atoms with Crippen molar-refractivity contribution in [3.05, 3.63) is 0 Å². The van der Waals surface area contributed by atoms with Crippen molar-refractivity contribution < 1.29 is 110 Å². The molecule has 22 nitrogen and oxygen atoms in total. The Morgan fingerprint density at radius 1 is 0.326 bits per heavy atom. The molecule has 272 valence electrons. The molecular weight excluding hydrogens is 640 g/mol. The van der Waals surface area contributed by atoms with E-state index in [0.29, 0.717) is 0 Å². The Balaban J connectivity index is 0.000000250. The van der Waals surface area contributed by atoms with Gasteiger partial charge in [-0.05, 0) is 0 Å². The molecule has 4 fully saturated rings. The van der Waals surface area contributed by atoms with Gasteiger partial charge in [-0.2, -0.15) is 0 Å². The van der Waals surface area contributed by atoms with Crippen molar-refractivity contribution in [2.45, 2.75) is 123 Å². The molecule has 4 saturated heterocycles. The fourth-order valence-electron chi connectivity index (χ4n) is 5.14. The lowest BCUT2D eigenvalue weighted by Crippen LogP contribution is -2.64. The van der Waals surface area contributed by atoms with Crippen molar-refractivity contribution in [1.29, 1.82) is 0 Å². The average molecular weight is 685 g/mol. The molecule has 4 aliphatic rings. The molecule has 22 heteroatoms. The minimum absolute atomic E-state index is 0.667. The van der Waals surface area contributed by atoms with Crippen LogP contribution in [0.5, 0.6) is 0 Å². The molecular formula is C24H44O22. The van der Waals surface area contributed by atoms with Crippen LogP contribution in [0.15, 0.2) is 0 Å². The summed E-state index contributed by atoms with van der Waals surface area (Å²) < 4.78 is 30.5. The fraction of sp³-hybridized carbons (Fsp3) is 1.00. The Hall–Kier alpha value is -0.880. The summed E-state index contributed by atoms with van der Waals surface area (Å²) in [6.07, 6.45) is -31.1. The normalized spacial score (nSPS) is 51.7. The second-order valence-corrected chi connectivity index (χ2v) is 11.1. The predicted octanol–water partition coefficient (Wildman–Crippen LogP) is -10.8. The standard InChI is InChI=1S/2C12H22O11/c2*13-1-3-5(15)6(16)9(19)12(22-3)23-10-4(2-14)21-11(20)8(18)7(10)17/h2*3-20H,1-2H2/t3-,4-,5+,6+,7-,8-,9-,10-,11?,12+;3-,4-,5+,6+,7-,8-,9-,10-,11+,12+/m11/s1. The van der Waals surface area contributed by atoms with Gasteiger partial charge in [0.15, 0.2) is 25.2 Å². The molecule has 4 aliphatic heterocycles. The van der Waals surface area contributed by atoms with Crippen LogP contribution in [0.4, 0.5) is 0 Å². The van der Waals surface area contributed by atoms with Gasteiger partial charge in [0.1, 0.15) is 97.7 Å². The van der Waals surface area contributed by atoms with E-state index < -0.39 is 149 Å². The van der Waals surface area contributed by atoms with Gasteiger partial charge in [-0.3, -0.25) is 0 Å². The summed E-state index contributed by atoms with van der Waals surface area (Å²) in [4.78, 5) is 0. The van der Waals surface area contributed by atoms with E-state index >= 15 is 0 Å². The molecule has 0 aromatic heterocycles. The molecule has 4 heterocycles. The SMILES string of the molecule is OC[C@H]1O[C@@H](O[C@H]2[C@H](O)[C@@H](O)C(O)O[C@@H]2CO)[C@H](O)[C@@H](O)[C@H]1O.OC[C@H]1O[C@@H](O[C@H]2[C@H](O)[C@@H](O)[C@@H](O)O[C@@H]2CO)[C@H](O)[C@@H](O)[C@H]1O. The first-order valence-electron chi connectivity index (χ1n) is 14.2. The molecule has 0 saturated carbocycles. The average Bonchev–Trinajstić information content (AvgIpc) is 3.05. The lowest BCUT2D eigenvalue weighted by Gasteiger charge is -2.45. The van der Waals surface area contributed by atoms with E-state index in [9.17, 15) is 71.5 Å². The van der Waals surface area contributed by atoms with Crippen molar-refractivity contribution >= 4 is 0 Å². The van der Waals surface area contributed by atoms with Gasteiger partial charge in [0.05, 0.1) is 26.4 Å². The van der Waals surface area contributed by atoms with Gasteiger partial charge >= 0.3 is 0 Å². The van der Waals surface area contributed by atoms with Crippen LogP contribution in [0.3, 0.4) is 0 Å². The number of aliphatic hydroxyl groups is 16. The van der Waals surface area contributed by atoms with Gasteiger partial charge in [0, 0.05) is 0 Å². The third-order valence-corrected chi connectivity index (χ3v) is 7.96. The molecule has 4 rings (SSSR count). The zero-order valence-corrected chi connectivity index (χ0v) is 24.0. The van der Waals surface area contributed by atoms with Crippen molar-refractivity contribution in [3.63, 3.8) is 0 Å². The van der Waals surface area contributed by atoms with Crippen molar-refractivity contribution in [3.8, 4) is 0 Å². The van der Waals surface area contributed by atoms with Crippen molar-refractivity contribution in [2.75, 3.05) is 26.4 Å². The van der Waals surface area contributed by atoms with E-state index in [1.165, 1.54) is 0 Å². The van der Waals surface area contributed by atoms with Gasteiger partial charge in [0.25, 0.3) is 0 Å². The molecule has 0 radical (unpaired) electrons. The van der Waals surface area contributed by atoms with E-state index in [4.69, 9.17) is 38.6 Å². The summed E-state index contributed by atoms with van der Waals surface area (Å²) in [5.74, 6) is 0. The Bertz CT molecular complexity index is 826. The highest BCUT2D eigenvalue weighted by molar-refractivity contribution is 4.95. The smallest absolute Gasteiger partial charge is 0.187 e. The van der Waals surface area contributed by atoms with Gasteiger partial charge in [-0.25, -0.2) is 0 Å². The number of ether oxygens (including phenoxy) is 6. The van der Waals surface area contributed by atoms with Crippen LogP contribution in [0.2, 0.25) is 0 Å². The first-order valence-corrected chi connectivity index (χ1v) is 14.2. The summed E-state index contributed by atoms with van der Waals surface area (Å²) >= 11 is 0. The van der Waals surface area contributed by atoms with Crippen LogP contribution in [0, 0.1) is 0 Å². The van der Waals surface area contributed by atoms with E-state index in [-0.39, 0.29) is 0 Å². The van der Waals surface area contributed by atoms with Crippen molar-refractivity contribution in [1.82, 2.24) is 0 Å². The van der Waals surface area contributed by atoms with Gasteiger partial charge < -0.3 is 110 Å². The van der Waals surface area contributed by atoms with Gasteiger partial charge in [0.2, 0.25) is 0 Å². The number of rotatable bonds is 8. The second kappa shape index (κ2) is 17.2. The topological polar surface area (TPSA) is 379 Å². The number of aliphatic hydroxyl groups excluding tert-OH is 16. The van der Waals surface area contributed by atoms with Crippen LogP contribution >= 0.6 is 0 Å². The van der Waals surface area contributed by atoms with E-state index in [1.54, 1.807) is 0 Å². The summed E-state index contributed by atoms with van der Waals surface area (Å²) in [7, 11) is 0. The Kier molecular flexibility index (Phi) is 14.8. The van der Waals surface area contributed by atoms with Crippen LogP contribution in [-0.2, 0) is 28.4 Å². The molecule has 46 heavy (non-hydrogen) atoms. The second-order valence-electron chi connectivity index (χ2n) is 11.1. The molecule has 20 atom stereocenters. The first-order chi connectivity index (χ1) is 21.6. The minimum atomic E-state index is -1.74. The Morgan fingerprint density at radius 3 is 0.913 bits per heavy atom. The molecule has 16 N–H and O–H groups in total.